The van der Waals surface area contributed by atoms with Gasteiger partial charge in [-0.25, -0.2) is 4.98 Å². The van der Waals surface area contributed by atoms with Gasteiger partial charge in [0.25, 0.3) is 5.91 Å². The summed E-state index contributed by atoms with van der Waals surface area (Å²) < 4.78 is 2.03. The molecule has 8 heteroatoms. The van der Waals surface area contributed by atoms with E-state index in [1.807, 2.05) is 24.0 Å². The number of nitrogens with one attached hydrogen (secondary N) is 2. The lowest BCUT2D eigenvalue weighted by atomic mass is 10.0. The number of hydrogen-bond donors (Lipinski definition) is 2. The Morgan fingerprint density at radius 2 is 2.08 bits per heavy atom. The van der Waals surface area contributed by atoms with Crippen molar-refractivity contribution >= 4 is 29.1 Å². The number of hydrogen-bond acceptors (Lipinski definition) is 3. The maximum Gasteiger partial charge on any atom is 0.269 e. The minimum atomic E-state index is -0.197. The number of carbonyl (C=O) groups is 1. The van der Waals surface area contributed by atoms with Gasteiger partial charge in [-0.05, 0) is 19.8 Å². The molecule has 1 saturated heterocycles. The first-order valence-corrected chi connectivity index (χ1v) is 8.74. The maximum absolute atomic E-state index is 12.4. The summed E-state index contributed by atoms with van der Waals surface area (Å²) in [5, 5.41) is 3.75. The van der Waals surface area contributed by atoms with Crippen LogP contribution in [-0.4, -0.2) is 44.5 Å². The van der Waals surface area contributed by atoms with Crippen molar-refractivity contribution in [1.29, 1.82) is 0 Å². The summed E-state index contributed by atoms with van der Waals surface area (Å²) in [6, 6.07) is 0.147. The monoisotopic (exact) mass is 369 g/mol. The molecule has 1 aliphatic heterocycles. The van der Waals surface area contributed by atoms with Crippen molar-refractivity contribution in [2.45, 2.75) is 32.4 Å². The number of piperidine rings is 1. The van der Waals surface area contributed by atoms with E-state index < -0.39 is 0 Å². The first-order valence-electron chi connectivity index (χ1n) is 7.98. The number of amides is 1. The van der Waals surface area contributed by atoms with Gasteiger partial charge in [-0.2, -0.15) is 0 Å². The molecule has 0 aliphatic carbocycles. The Morgan fingerprint density at radius 3 is 2.62 bits per heavy atom. The Bertz CT molecular complexity index is 731. The molecule has 0 spiro atoms. The number of likely N-dealkylation sites (tertiary alicyclic amines) is 1. The van der Waals surface area contributed by atoms with Crippen LogP contribution in [0.2, 0.25) is 10.0 Å². The molecular weight excluding hydrogens is 349 g/mol. The van der Waals surface area contributed by atoms with E-state index in [9.17, 15) is 4.79 Å². The second-order valence-electron chi connectivity index (χ2n) is 6.23. The number of carbonyl (C=O) groups excluding carboxylic acids is 1. The van der Waals surface area contributed by atoms with Crippen LogP contribution in [0.5, 0.6) is 0 Å². The van der Waals surface area contributed by atoms with Crippen molar-refractivity contribution in [3.63, 3.8) is 0 Å². The quantitative estimate of drug-likeness (QED) is 0.870. The van der Waals surface area contributed by atoms with Gasteiger partial charge >= 0.3 is 0 Å². The average Bonchev–Trinajstić information content (AvgIpc) is 3.08. The normalized spacial score (nSPS) is 16.5. The smallest absolute Gasteiger partial charge is 0.269 e. The first kappa shape index (κ1) is 17.3. The van der Waals surface area contributed by atoms with Gasteiger partial charge in [0.2, 0.25) is 0 Å². The van der Waals surface area contributed by atoms with E-state index in [4.69, 9.17) is 23.2 Å². The maximum atomic E-state index is 12.4. The zero-order chi connectivity index (χ0) is 17.3. The molecule has 0 bridgehead atoms. The van der Waals surface area contributed by atoms with E-state index in [1.54, 1.807) is 6.92 Å². The van der Waals surface area contributed by atoms with E-state index in [-0.39, 0.29) is 11.9 Å². The van der Waals surface area contributed by atoms with Crippen molar-refractivity contribution in [3.8, 4) is 0 Å². The minimum Gasteiger partial charge on any atom is -0.352 e. The van der Waals surface area contributed by atoms with Crippen LogP contribution in [0.3, 0.4) is 0 Å². The number of imidazole rings is 1. The van der Waals surface area contributed by atoms with E-state index >= 15 is 0 Å². The third kappa shape index (κ3) is 3.61. The molecule has 1 aliphatic rings. The largest absolute Gasteiger partial charge is 0.352 e. The second kappa shape index (κ2) is 7.17. The molecule has 3 heterocycles. The number of H-pyrrole nitrogens is 1. The molecule has 2 N–H and O–H groups in total. The molecule has 0 saturated carbocycles. The molecule has 1 amide bonds. The predicted molar refractivity (Wildman–Crippen MR) is 94.5 cm³/mol. The number of halogens is 2. The second-order valence-corrected chi connectivity index (χ2v) is 6.99. The Hall–Kier alpha value is -1.50. The standard InChI is InChI=1S/C16H21Cl2N5O/c1-10-13(17)14(18)15(20-10)16(24)21-11-3-6-23(7-4-11)9-12-19-5-8-22(12)2/h5,8,11,20H,3-4,6-7,9H2,1-2H3,(H,21,24). The third-order valence-electron chi connectivity index (χ3n) is 4.49. The molecule has 3 rings (SSSR count). The fourth-order valence-corrected chi connectivity index (χ4v) is 3.39. The van der Waals surface area contributed by atoms with Gasteiger partial charge in [0.1, 0.15) is 11.5 Å². The van der Waals surface area contributed by atoms with E-state index in [0.717, 1.165) is 38.3 Å². The summed E-state index contributed by atoms with van der Waals surface area (Å²) in [6.07, 6.45) is 5.58. The fraction of sp³-hybridized carbons (Fsp3) is 0.500. The van der Waals surface area contributed by atoms with Crippen LogP contribution in [0.4, 0.5) is 0 Å². The predicted octanol–water partition coefficient (Wildman–Crippen LogP) is 2.76. The molecule has 0 unspecified atom stereocenters. The van der Waals surface area contributed by atoms with Gasteiger partial charge in [0, 0.05) is 44.3 Å². The Labute approximate surface area is 151 Å². The van der Waals surface area contributed by atoms with Crippen molar-refractivity contribution in [2.75, 3.05) is 13.1 Å². The van der Waals surface area contributed by atoms with Crippen LogP contribution in [0.15, 0.2) is 12.4 Å². The van der Waals surface area contributed by atoms with E-state index in [2.05, 4.69) is 20.2 Å². The number of nitrogens with zero attached hydrogens (tertiary/aromatic N) is 3. The SMILES string of the molecule is Cc1[nH]c(C(=O)NC2CCN(Cc3nccn3C)CC2)c(Cl)c1Cl. The van der Waals surface area contributed by atoms with Crippen molar-refractivity contribution < 1.29 is 4.79 Å². The Balaban J connectivity index is 1.52. The highest BCUT2D eigenvalue weighted by Crippen LogP contribution is 2.29. The summed E-state index contributed by atoms with van der Waals surface area (Å²) in [5.74, 6) is 0.860. The van der Waals surface area contributed by atoms with Gasteiger partial charge in [-0.3, -0.25) is 9.69 Å². The molecule has 6 nitrogen and oxygen atoms in total. The van der Waals surface area contributed by atoms with Gasteiger partial charge in [0.05, 0.1) is 16.6 Å². The first-order chi connectivity index (χ1) is 11.5. The minimum absolute atomic E-state index is 0.147. The van der Waals surface area contributed by atoms with Gasteiger partial charge in [0.15, 0.2) is 0 Å². The van der Waals surface area contributed by atoms with Gasteiger partial charge in [-0.15, -0.1) is 0 Å². The number of aromatic amines is 1. The summed E-state index contributed by atoms with van der Waals surface area (Å²) in [5.41, 5.74) is 1.05. The van der Waals surface area contributed by atoms with Gasteiger partial charge in [-0.1, -0.05) is 23.2 Å². The molecular formula is C16H21Cl2N5O. The highest BCUT2D eigenvalue weighted by molar-refractivity contribution is 6.44. The summed E-state index contributed by atoms with van der Waals surface area (Å²) in [6.45, 7) is 4.48. The fourth-order valence-electron chi connectivity index (χ4n) is 2.97. The lowest BCUT2D eigenvalue weighted by Crippen LogP contribution is -2.44. The molecule has 2 aromatic rings. The topological polar surface area (TPSA) is 66.0 Å². The highest BCUT2D eigenvalue weighted by atomic mass is 35.5. The Morgan fingerprint density at radius 1 is 1.38 bits per heavy atom. The highest BCUT2D eigenvalue weighted by Gasteiger charge is 2.24. The zero-order valence-corrected chi connectivity index (χ0v) is 15.3. The van der Waals surface area contributed by atoms with Crippen LogP contribution >= 0.6 is 23.2 Å². The van der Waals surface area contributed by atoms with Crippen LogP contribution in [0.1, 0.15) is 34.8 Å². The molecule has 130 valence electrons. The molecule has 24 heavy (non-hydrogen) atoms. The van der Waals surface area contributed by atoms with Crippen LogP contribution in [0.25, 0.3) is 0 Å². The van der Waals surface area contributed by atoms with Crippen LogP contribution in [0, 0.1) is 6.92 Å². The third-order valence-corrected chi connectivity index (χ3v) is 5.44. The molecule has 0 aromatic carbocycles. The number of rotatable bonds is 4. The summed E-state index contributed by atoms with van der Waals surface area (Å²) >= 11 is 12.1. The summed E-state index contributed by atoms with van der Waals surface area (Å²) in [7, 11) is 2.00. The molecule has 1 fully saturated rings. The Kier molecular flexibility index (Phi) is 5.18. The lowest BCUT2D eigenvalue weighted by Gasteiger charge is -2.32. The zero-order valence-electron chi connectivity index (χ0n) is 13.8. The van der Waals surface area contributed by atoms with Crippen molar-refractivity contribution in [2.24, 2.45) is 7.05 Å². The van der Waals surface area contributed by atoms with Crippen LogP contribution < -0.4 is 5.32 Å². The summed E-state index contributed by atoms with van der Waals surface area (Å²) in [4.78, 5) is 22.0. The van der Waals surface area contributed by atoms with Crippen molar-refractivity contribution in [3.05, 3.63) is 39.7 Å². The lowest BCUT2D eigenvalue weighted by molar-refractivity contribution is 0.0903. The number of aromatic nitrogens is 3. The van der Waals surface area contributed by atoms with Gasteiger partial charge < -0.3 is 14.9 Å². The van der Waals surface area contributed by atoms with Crippen LogP contribution in [-0.2, 0) is 13.6 Å². The van der Waals surface area contributed by atoms with E-state index in [0.29, 0.717) is 21.4 Å². The van der Waals surface area contributed by atoms with Crippen molar-refractivity contribution in [1.82, 2.24) is 24.8 Å². The average molecular weight is 370 g/mol. The molecule has 0 atom stereocenters. The number of aryl methyl sites for hydroxylation is 2. The van der Waals surface area contributed by atoms with E-state index in [1.165, 1.54) is 0 Å². The molecule has 0 radical (unpaired) electrons. The molecule has 2 aromatic heterocycles.